The summed E-state index contributed by atoms with van der Waals surface area (Å²) >= 11 is 0. The zero-order chi connectivity index (χ0) is 45.9. The predicted octanol–water partition coefficient (Wildman–Crippen LogP) is 4.33. The third-order valence-corrected chi connectivity index (χ3v) is 14.0. The number of cyclic esters (lactones) is 1. The first-order chi connectivity index (χ1) is 29.0. The standard InChI is InChI=1S/C46H76N2O14/c1-14-34-45(10,53)38(49)30(6)47-23-26(2)21-43(8,52)39(28(4)36(29(5)40(50)59-34)60-35-22-44(9,54-13)46(25-56-46)31(7)58-35)62-41-37(33(48(11)12)20-27(3)57-41)61-42(51)55-24-32-18-16-15-17-19-32/h15-19,26-31,33-39,41,47,49,52-53H,14,20-25H2,1-13H3/t26-,27-,28+,29-,30-,31+,33+,34-,35+,36+,37-,38-,39-,41+,43+,44-,45-,46+/m1/s1. The van der Waals surface area contributed by atoms with Gasteiger partial charge in [-0.25, -0.2) is 4.79 Å². The monoisotopic (exact) mass is 881 g/mol. The molecule has 0 radical (unpaired) electrons. The summed E-state index contributed by atoms with van der Waals surface area (Å²) in [5, 5.41) is 39.3. The molecule has 62 heavy (non-hydrogen) atoms. The van der Waals surface area contributed by atoms with E-state index in [1.807, 2.05) is 83.9 Å². The number of nitrogens with one attached hydrogen (secondary N) is 1. The Bertz CT molecular complexity index is 1610. The first-order valence-electron chi connectivity index (χ1n) is 22.4. The number of methoxy groups -OCH3 is 1. The van der Waals surface area contributed by atoms with Crippen LogP contribution in [-0.4, -0.2) is 156 Å². The number of nitrogens with zero attached hydrogens (tertiary/aromatic N) is 1. The summed E-state index contributed by atoms with van der Waals surface area (Å²) in [6.07, 6.45) is -8.18. The molecule has 16 nitrogen and oxygen atoms in total. The number of epoxide rings is 1. The number of esters is 1. The van der Waals surface area contributed by atoms with Gasteiger partial charge in [-0.2, -0.15) is 0 Å². The first-order valence-corrected chi connectivity index (χ1v) is 22.4. The molecule has 1 aromatic rings. The zero-order valence-electron chi connectivity index (χ0n) is 39.2. The summed E-state index contributed by atoms with van der Waals surface area (Å²) in [7, 11) is 5.39. The van der Waals surface area contributed by atoms with Crippen molar-refractivity contribution in [1.82, 2.24) is 10.2 Å². The average Bonchev–Trinajstić information content (AvgIpc) is 4.04. The number of hydrogen-bond acceptors (Lipinski definition) is 16. The Kier molecular flexibility index (Phi) is 16.6. The molecule has 0 aliphatic carbocycles. The van der Waals surface area contributed by atoms with Crippen molar-refractivity contribution in [3.05, 3.63) is 35.9 Å². The molecule has 0 unspecified atom stereocenters. The van der Waals surface area contributed by atoms with Crippen molar-refractivity contribution in [2.75, 3.05) is 34.4 Å². The van der Waals surface area contributed by atoms with E-state index in [0.29, 0.717) is 19.6 Å². The smallest absolute Gasteiger partial charge is 0.459 e. The van der Waals surface area contributed by atoms with Crippen LogP contribution in [0, 0.1) is 17.8 Å². The second-order valence-corrected chi connectivity index (χ2v) is 19.4. The Morgan fingerprint density at radius 2 is 1.63 bits per heavy atom. The highest BCUT2D eigenvalue weighted by Gasteiger charge is 2.67. The van der Waals surface area contributed by atoms with E-state index < -0.39 is 102 Å². The van der Waals surface area contributed by atoms with Crippen molar-refractivity contribution >= 4 is 12.1 Å². The second-order valence-electron chi connectivity index (χ2n) is 19.4. The van der Waals surface area contributed by atoms with Crippen LogP contribution < -0.4 is 5.32 Å². The number of aliphatic hydroxyl groups excluding tert-OH is 1. The third-order valence-electron chi connectivity index (χ3n) is 14.0. The molecule has 4 aliphatic rings. The normalized spacial score (nSPS) is 44.8. The highest BCUT2D eigenvalue weighted by molar-refractivity contribution is 5.73. The van der Waals surface area contributed by atoms with Gasteiger partial charge in [-0.1, -0.05) is 51.1 Å². The van der Waals surface area contributed by atoms with E-state index in [4.69, 9.17) is 42.6 Å². The Morgan fingerprint density at radius 1 is 0.968 bits per heavy atom. The van der Waals surface area contributed by atoms with Gasteiger partial charge in [0.2, 0.25) is 0 Å². The van der Waals surface area contributed by atoms with E-state index in [1.54, 1.807) is 34.8 Å². The van der Waals surface area contributed by atoms with Gasteiger partial charge in [-0.15, -0.1) is 0 Å². The lowest BCUT2D eigenvalue weighted by Crippen LogP contribution is -2.62. The lowest BCUT2D eigenvalue weighted by Gasteiger charge is -2.49. The van der Waals surface area contributed by atoms with Crippen LogP contribution in [-0.2, 0) is 54.0 Å². The Morgan fingerprint density at radius 3 is 2.23 bits per heavy atom. The average molecular weight is 881 g/mol. The van der Waals surface area contributed by atoms with Crippen LogP contribution in [0.3, 0.4) is 0 Å². The summed E-state index contributed by atoms with van der Waals surface area (Å²) in [4.78, 5) is 29.8. The van der Waals surface area contributed by atoms with E-state index in [2.05, 4.69) is 5.32 Å². The summed E-state index contributed by atoms with van der Waals surface area (Å²) in [5.74, 6) is -2.73. The number of aliphatic hydroxyl groups is 3. The molecule has 5 rings (SSSR count). The summed E-state index contributed by atoms with van der Waals surface area (Å²) in [6.45, 7) is 18.7. The Hall–Kier alpha value is -2.48. The van der Waals surface area contributed by atoms with Crippen molar-refractivity contribution < 1.29 is 67.5 Å². The van der Waals surface area contributed by atoms with Crippen LogP contribution in [0.4, 0.5) is 4.79 Å². The molecule has 1 aromatic carbocycles. The van der Waals surface area contributed by atoms with Gasteiger partial charge in [-0.05, 0) is 99.9 Å². The topological polar surface area (TPSA) is 196 Å². The van der Waals surface area contributed by atoms with Gasteiger partial charge in [0.1, 0.15) is 35.6 Å². The van der Waals surface area contributed by atoms with Crippen LogP contribution >= 0.6 is 0 Å². The lowest BCUT2D eigenvalue weighted by atomic mass is 9.77. The highest BCUT2D eigenvalue weighted by Crippen LogP contribution is 2.51. The van der Waals surface area contributed by atoms with E-state index in [-0.39, 0.29) is 43.9 Å². The minimum atomic E-state index is -1.82. The molecular weight excluding hydrogens is 805 g/mol. The molecule has 0 amide bonds. The molecule has 4 aliphatic heterocycles. The molecule has 16 heteroatoms. The fraction of sp³-hybridized carbons (Fsp3) is 0.826. The molecule has 4 saturated heterocycles. The van der Waals surface area contributed by atoms with Crippen molar-refractivity contribution in [1.29, 1.82) is 0 Å². The zero-order valence-corrected chi connectivity index (χ0v) is 39.2. The van der Waals surface area contributed by atoms with Crippen molar-refractivity contribution in [2.45, 2.75) is 191 Å². The van der Waals surface area contributed by atoms with Crippen LogP contribution in [0.15, 0.2) is 30.3 Å². The molecule has 4 fully saturated rings. The molecule has 0 aromatic heterocycles. The Labute approximate surface area is 368 Å². The molecule has 0 saturated carbocycles. The maximum Gasteiger partial charge on any atom is 0.509 e. The van der Waals surface area contributed by atoms with Crippen LogP contribution in [0.25, 0.3) is 0 Å². The number of benzene rings is 1. The summed E-state index contributed by atoms with van der Waals surface area (Å²) < 4.78 is 56.6. The molecule has 4 heterocycles. The van der Waals surface area contributed by atoms with Crippen LogP contribution in [0.1, 0.15) is 100 Å². The first kappa shape index (κ1) is 50.5. The second kappa shape index (κ2) is 20.4. The van der Waals surface area contributed by atoms with Crippen molar-refractivity contribution in [2.24, 2.45) is 17.8 Å². The van der Waals surface area contributed by atoms with E-state index in [0.717, 1.165) is 5.56 Å². The molecule has 354 valence electrons. The quantitative estimate of drug-likeness (QED) is 0.191. The van der Waals surface area contributed by atoms with E-state index in [9.17, 15) is 24.9 Å². The maximum atomic E-state index is 14.5. The minimum Gasteiger partial charge on any atom is -0.459 e. The van der Waals surface area contributed by atoms with Crippen molar-refractivity contribution in [3.8, 4) is 0 Å². The maximum absolute atomic E-state index is 14.5. The number of carbonyl (C=O) groups is 2. The van der Waals surface area contributed by atoms with Gasteiger partial charge in [0.25, 0.3) is 0 Å². The van der Waals surface area contributed by atoms with E-state index >= 15 is 0 Å². The fourth-order valence-electron chi connectivity index (χ4n) is 10.0. The minimum absolute atomic E-state index is 0.00368. The van der Waals surface area contributed by atoms with Gasteiger partial charge in [-0.3, -0.25) is 4.79 Å². The lowest BCUT2D eigenvalue weighted by molar-refractivity contribution is -0.315. The number of carbonyl (C=O) groups excluding carboxylic acids is 2. The van der Waals surface area contributed by atoms with Gasteiger partial charge in [0.05, 0.1) is 48.6 Å². The molecule has 18 atom stereocenters. The van der Waals surface area contributed by atoms with Gasteiger partial charge >= 0.3 is 12.1 Å². The third kappa shape index (κ3) is 11.1. The molecular formula is C46H76N2O14. The van der Waals surface area contributed by atoms with Gasteiger partial charge in [0.15, 0.2) is 18.7 Å². The number of ether oxygens (including phenoxy) is 9. The van der Waals surface area contributed by atoms with Crippen molar-refractivity contribution in [3.63, 3.8) is 0 Å². The molecule has 4 N–H and O–H groups in total. The molecule has 1 spiro atoms. The summed E-state index contributed by atoms with van der Waals surface area (Å²) in [5.41, 5.74) is -4.12. The highest BCUT2D eigenvalue weighted by atomic mass is 16.8. The number of hydrogen-bond donors (Lipinski definition) is 4. The van der Waals surface area contributed by atoms with E-state index in [1.165, 1.54) is 6.92 Å². The number of likely N-dealkylation sites (N-methyl/N-ethyl adjacent to an activating group) is 1. The van der Waals surface area contributed by atoms with Crippen LogP contribution in [0.2, 0.25) is 0 Å². The predicted molar refractivity (Wildman–Crippen MR) is 228 cm³/mol. The fourth-order valence-corrected chi connectivity index (χ4v) is 10.0. The Balaban J connectivity index is 1.56. The van der Waals surface area contributed by atoms with Gasteiger partial charge in [0, 0.05) is 25.5 Å². The largest absolute Gasteiger partial charge is 0.509 e. The molecule has 0 bridgehead atoms. The van der Waals surface area contributed by atoms with Gasteiger partial charge < -0.3 is 68.2 Å². The SMILES string of the molecule is CC[C@H]1OC(=O)[C@H](C)[C@@H](O[C@H]2C[C@@](C)(OC)[C@]3(CO3)[C@H](C)O2)[C@H](C)[C@@H](O[C@@H]2O[C@H](C)C[C@H](N(C)C)[C@H]2OC(=O)OCc2ccccc2)[C@@](C)(O)C[C@@H](C)CN[C@H](C)[C@@H](O)[C@]1(C)O. The van der Waals surface area contributed by atoms with Crippen LogP contribution in [0.5, 0.6) is 0 Å². The summed E-state index contributed by atoms with van der Waals surface area (Å²) in [6, 6.07) is 8.29. The number of rotatable bonds is 10.